The fraction of sp³-hybridized carbons (Fsp3) is 0.138. The van der Waals surface area contributed by atoms with Gasteiger partial charge in [-0.15, -0.1) is 0 Å². The largest absolute Gasteiger partial charge is 0.497 e. The average molecular weight is 535 g/mol. The van der Waals surface area contributed by atoms with E-state index in [0.717, 1.165) is 21.0 Å². The Morgan fingerprint density at radius 3 is 2.14 bits per heavy atom. The van der Waals surface area contributed by atoms with Crippen LogP contribution in [0.5, 0.6) is 5.75 Å². The minimum absolute atomic E-state index is 0.0366. The number of nitrogens with zero attached hydrogens (tertiary/aromatic N) is 1. The van der Waals surface area contributed by atoms with Crippen molar-refractivity contribution < 1.29 is 17.9 Å². The van der Waals surface area contributed by atoms with Crippen LogP contribution in [0, 0.1) is 6.92 Å². The van der Waals surface area contributed by atoms with Crippen LogP contribution in [-0.2, 0) is 14.8 Å². The number of carbonyl (C=O) groups excluding carboxylic acids is 1. The molecule has 1 N–H and O–H groups in total. The first-order valence-corrected chi connectivity index (χ1v) is 13.4. The van der Waals surface area contributed by atoms with Crippen molar-refractivity contribution >= 4 is 33.2 Å². The average Bonchev–Trinajstić information content (AvgIpc) is 2.92. The Morgan fingerprint density at radius 2 is 1.51 bits per heavy atom. The van der Waals surface area contributed by atoms with Crippen LogP contribution in [0.25, 0.3) is 0 Å². The molecule has 0 aliphatic heterocycles. The minimum atomic E-state index is -4.09. The quantitative estimate of drug-likeness (QED) is 0.296. The second-order valence-corrected chi connectivity index (χ2v) is 10.7. The number of carbonyl (C=O) groups is 1. The molecule has 0 fully saturated rings. The molecule has 37 heavy (non-hydrogen) atoms. The summed E-state index contributed by atoms with van der Waals surface area (Å²) < 4.78 is 33.6. The van der Waals surface area contributed by atoms with E-state index in [1.54, 1.807) is 36.4 Å². The number of amides is 1. The third-order valence-corrected chi connectivity index (χ3v) is 8.03. The van der Waals surface area contributed by atoms with Crippen molar-refractivity contribution in [2.75, 3.05) is 18.0 Å². The summed E-state index contributed by atoms with van der Waals surface area (Å²) in [6.45, 7) is 1.55. The maximum atomic E-state index is 13.7. The highest BCUT2D eigenvalue weighted by Crippen LogP contribution is 2.28. The molecule has 0 heterocycles. The standard InChI is InChI=1S/C29H27ClN2O4S/c1-21-8-6-7-11-27(21)29(22-9-4-3-5-10-22)31-28(33)20-32(24-14-12-23(30)13-15-24)37(34,35)26-18-16-25(36-2)17-19-26/h3-19,29H,20H2,1-2H3,(H,31,33)/t29-/m1/s1. The lowest BCUT2D eigenvalue weighted by Gasteiger charge is -2.27. The molecule has 6 nitrogen and oxygen atoms in total. The zero-order valence-electron chi connectivity index (χ0n) is 20.5. The monoisotopic (exact) mass is 534 g/mol. The molecule has 0 saturated carbocycles. The molecule has 4 aromatic rings. The fourth-order valence-corrected chi connectivity index (χ4v) is 5.58. The maximum Gasteiger partial charge on any atom is 0.264 e. The first-order valence-electron chi connectivity index (χ1n) is 11.6. The van der Waals surface area contributed by atoms with Crippen molar-refractivity contribution in [2.24, 2.45) is 0 Å². The second-order valence-electron chi connectivity index (χ2n) is 8.43. The summed E-state index contributed by atoms with van der Waals surface area (Å²) in [5.41, 5.74) is 3.15. The van der Waals surface area contributed by atoms with Crippen molar-refractivity contribution in [3.05, 3.63) is 125 Å². The number of hydrogen-bond acceptors (Lipinski definition) is 4. The Labute approximate surface area is 222 Å². The molecule has 8 heteroatoms. The summed E-state index contributed by atoms with van der Waals surface area (Å²) in [5, 5.41) is 3.51. The maximum absolute atomic E-state index is 13.7. The lowest BCUT2D eigenvalue weighted by Crippen LogP contribution is -2.42. The zero-order chi connectivity index (χ0) is 26.4. The molecule has 0 saturated heterocycles. The topological polar surface area (TPSA) is 75.7 Å². The van der Waals surface area contributed by atoms with Gasteiger partial charge in [0.15, 0.2) is 0 Å². The van der Waals surface area contributed by atoms with Crippen LogP contribution in [0.2, 0.25) is 5.02 Å². The van der Waals surface area contributed by atoms with Gasteiger partial charge in [0.25, 0.3) is 10.0 Å². The van der Waals surface area contributed by atoms with Gasteiger partial charge in [-0.3, -0.25) is 9.10 Å². The number of hydrogen-bond donors (Lipinski definition) is 1. The summed E-state index contributed by atoms with van der Waals surface area (Å²) in [5.74, 6) is 0.0720. The van der Waals surface area contributed by atoms with Gasteiger partial charge >= 0.3 is 0 Å². The Hall–Kier alpha value is -3.81. The first kappa shape index (κ1) is 26.3. The highest BCUT2D eigenvalue weighted by molar-refractivity contribution is 7.92. The fourth-order valence-electron chi connectivity index (χ4n) is 4.03. The predicted molar refractivity (Wildman–Crippen MR) is 147 cm³/mol. The molecule has 0 bridgehead atoms. The van der Waals surface area contributed by atoms with Crippen molar-refractivity contribution in [2.45, 2.75) is 17.9 Å². The lowest BCUT2D eigenvalue weighted by molar-refractivity contribution is -0.120. The van der Waals surface area contributed by atoms with Crippen molar-refractivity contribution in [1.29, 1.82) is 0 Å². The van der Waals surface area contributed by atoms with E-state index < -0.39 is 28.5 Å². The van der Waals surface area contributed by atoms with Gasteiger partial charge in [0.2, 0.25) is 5.91 Å². The van der Waals surface area contributed by atoms with Crippen LogP contribution in [0.4, 0.5) is 5.69 Å². The summed E-state index contributed by atoms with van der Waals surface area (Å²) in [4.78, 5) is 13.5. The number of benzene rings is 4. The van der Waals surface area contributed by atoms with E-state index in [0.29, 0.717) is 16.5 Å². The Kier molecular flexibility index (Phi) is 8.16. The lowest BCUT2D eigenvalue weighted by atomic mass is 9.95. The molecule has 1 atom stereocenters. The SMILES string of the molecule is COc1ccc(S(=O)(=O)N(CC(=O)N[C@H](c2ccccc2)c2ccccc2C)c2ccc(Cl)cc2)cc1. The number of rotatable bonds is 9. The van der Waals surface area contributed by atoms with Gasteiger partial charge in [-0.2, -0.15) is 0 Å². The molecular formula is C29H27ClN2O4S. The Balaban J connectivity index is 1.69. The molecular weight excluding hydrogens is 508 g/mol. The number of sulfonamides is 1. The van der Waals surface area contributed by atoms with Gasteiger partial charge in [-0.05, 0) is 72.1 Å². The number of anilines is 1. The number of aryl methyl sites for hydroxylation is 1. The molecule has 0 radical (unpaired) electrons. The van der Waals surface area contributed by atoms with E-state index in [1.165, 1.54) is 19.2 Å². The van der Waals surface area contributed by atoms with Gasteiger partial charge in [0, 0.05) is 5.02 Å². The Bertz CT molecular complexity index is 1460. The van der Waals surface area contributed by atoms with E-state index in [1.807, 2.05) is 61.5 Å². The van der Waals surface area contributed by atoms with E-state index in [9.17, 15) is 13.2 Å². The van der Waals surface area contributed by atoms with E-state index in [2.05, 4.69) is 5.32 Å². The van der Waals surface area contributed by atoms with Crippen molar-refractivity contribution in [3.8, 4) is 5.75 Å². The molecule has 1 amide bonds. The molecule has 4 aromatic carbocycles. The number of nitrogens with one attached hydrogen (secondary N) is 1. The first-order chi connectivity index (χ1) is 17.8. The van der Waals surface area contributed by atoms with Crippen LogP contribution in [0.1, 0.15) is 22.7 Å². The van der Waals surface area contributed by atoms with Crippen LogP contribution in [-0.4, -0.2) is 28.0 Å². The van der Waals surface area contributed by atoms with Gasteiger partial charge in [0.05, 0.1) is 23.7 Å². The summed E-state index contributed by atoms with van der Waals surface area (Å²) in [6.07, 6.45) is 0. The van der Waals surface area contributed by atoms with Gasteiger partial charge in [-0.25, -0.2) is 8.42 Å². The second kappa shape index (κ2) is 11.5. The Morgan fingerprint density at radius 1 is 0.892 bits per heavy atom. The van der Waals surface area contributed by atoms with Gasteiger partial charge < -0.3 is 10.1 Å². The normalized spacial score (nSPS) is 12.0. The molecule has 190 valence electrons. The highest BCUT2D eigenvalue weighted by Gasteiger charge is 2.29. The molecule has 0 spiro atoms. The van der Waals surface area contributed by atoms with Gasteiger partial charge in [-0.1, -0.05) is 66.2 Å². The van der Waals surface area contributed by atoms with Crippen LogP contribution in [0.15, 0.2) is 108 Å². The molecule has 0 aliphatic rings. The molecule has 0 aromatic heterocycles. The van der Waals surface area contributed by atoms with Crippen LogP contribution >= 0.6 is 11.6 Å². The molecule has 0 aliphatic carbocycles. The predicted octanol–water partition coefficient (Wildman–Crippen LogP) is 5.76. The minimum Gasteiger partial charge on any atom is -0.497 e. The number of ether oxygens (including phenoxy) is 1. The van der Waals surface area contributed by atoms with Crippen molar-refractivity contribution in [3.63, 3.8) is 0 Å². The summed E-state index contributed by atoms with van der Waals surface area (Å²) in [6, 6.07) is 29.3. The van der Waals surface area contributed by atoms with E-state index >= 15 is 0 Å². The van der Waals surface area contributed by atoms with Gasteiger partial charge in [0.1, 0.15) is 12.3 Å². The number of methoxy groups -OCH3 is 1. The highest BCUT2D eigenvalue weighted by atomic mass is 35.5. The zero-order valence-corrected chi connectivity index (χ0v) is 22.0. The third kappa shape index (κ3) is 6.13. The number of halogens is 1. The van der Waals surface area contributed by atoms with Crippen LogP contribution in [0.3, 0.4) is 0 Å². The molecule has 0 unspecified atom stereocenters. The van der Waals surface area contributed by atoms with Crippen LogP contribution < -0.4 is 14.4 Å². The molecule has 4 rings (SSSR count). The smallest absolute Gasteiger partial charge is 0.264 e. The summed E-state index contributed by atoms with van der Waals surface area (Å²) in [7, 11) is -2.58. The van der Waals surface area contributed by atoms with Crippen molar-refractivity contribution in [1.82, 2.24) is 5.32 Å². The third-order valence-electron chi connectivity index (χ3n) is 5.99. The van der Waals surface area contributed by atoms with E-state index in [4.69, 9.17) is 16.3 Å². The van der Waals surface area contributed by atoms with E-state index in [-0.39, 0.29) is 4.90 Å². The summed E-state index contributed by atoms with van der Waals surface area (Å²) >= 11 is 6.04.